The SMILES string of the molecule is Cl.Cl.NC1CC2CCCC(C1)C2NC(=O)c1cnc(Cc2ccccc2)s1. The quantitative estimate of drug-likeness (QED) is 0.767. The van der Waals surface area contributed by atoms with Gasteiger partial charge in [0.1, 0.15) is 4.88 Å². The van der Waals surface area contributed by atoms with Crippen LogP contribution in [0, 0.1) is 11.8 Å². The third kappa shape index (κ3) is 5.23. The van der Waals surface area contributed by atoms with Gasteiger partial charge in [-0.1, -0.05) is 36.8 Å². The second-order valence-electron chi connectivity index (χ2n) is 7.46. The standard InChI is InChI=1S/C20H25N3OS.2ClH/c21-16-10-14-7-4-8-15(11-16)19(14)23-20(24)17-12-22-18(25-17)9-13-5-2-1-3-6-13;;/h1-3,5-6,12,14-16,19H,4,7-11,21H2,(H,23,24);2*1H. The van der Waals surface area contributed by atoms with Crippen molar-refractivity contribution in [2.75, 3.05) is 0 Å². The molecular formula is C20H27Cl2N3OS. The van der Waals surface area contributed by atoms with Gasteiger partial charge in [0.05, 0.1) is 11.2 Å². The van der Waals surface area contributed by atoms with Crippen molar-refractivity contribution in [3.63, 3.8) is 0 Å². The summed E-state index contributed by atoms with van der Waals surface area (Å²) in [5, 5.41) is 4.30. The van der Waals surface area contributed by atoms with E-state index in [9.17, 15) is 4.79 Å². The normalized spacial score (nSPS) is 26.4. The van der Waals surface area contributed by atoms with Gasteiger partial charge in [-0.05, 0) is 43.1 Å². The van der Waals surface area contributed by atoms with Crippen LogP contribution < -0.4 is 11.1 Å². The maximum absolute atomic E-state index is 12.7. The highest BCUT2D eigenvalue weighted by atomic mass is 35.5. The van der Waals surface area contributed by atoms with Crippen LogP contribution in [0.3, 0.4) is 0 Å². The maximum atomic E-state index is 12.7. The molecule has 2 unspecified atom stereocenters. The molecule has 4 nitrogen and oxygen atoms in total. The summed E-state index contributed by atoms with van der Waals surface area (Å²) >= 11 is 1.51. The number of halogens is 2. The van der Waals surface area contributed by atoms with Gasteiger partial charge in [-0.2, -0.15) is 0 Å². The first kappa shape index (κ1) is 22.2. The minimum atomic E-state index is 0. The summed E-state index contributed by atoms with van der Waals surface area (Å²) < 4.78 is 0. The molecule has 0 radical (unpaired) electrons. The van der Waals surface area contributed by atoms with E-state index in [0.717, 1.165) is 29.1 Å². The summed E-state index contributed by atoms with van der Waals surface area (Å²) in [5.74, 6) is 1.13. The van der Waals surface area contributed by atoms with Gasteiger partial charge in [0.15, 0.2) is 0 Å². The fourth-order valence-electron chi connectivity index (χ4n) is 4.51. The summed E-state index contributed by atoms with van der Waals surface area (Å²) in [4.78, 5) is 17.9. The molecule has 0 saturated heterocycles. The molecule has 2 aromatic rings. The van der Waals surface area contributed by atoms with Crippen LogP contribution in [0.15, 0.2) is 36.5 Å². The third-order valence-corrected chi connectivity index (χ3v) is 6.65. The summed E-state index contributed by atoms with van der Waals surface area (Å²) in [6.07, 6.45) is 8.25. The molecule has 2 atom stereocenters. The van der Waals surface area contributed by atoms with Crippen LogP contribution in [-0.4, -0.2) is 23.0 Å². The molecule has 2 saturated carbocycles. The Kier molecular flexibility index (Phi) is 8.10. The van der Waals surface area contributed by atoms with Crippen molar-refractivity contribution in [1.82, 2.24) is 10.3 Å². The molecule has 1 amide bonds. The molecule has 7 heteroatoms. The van der Waals surface area contributed by atoms with Crippen molar-refractivity contribution < 1.29 is 4.79 Å². The predicted octanol–water partition coefficient (Wildman–Crippen LogP) is 4.21. The van der Waals surface area contributed by atoms with Crippen molar-refractivity contribution in [1.29, 1.82) is 0 Å². The lowest BCUT2D eigenvalue weighted by Gasteiger charge is -2.45. The zero-order chi connectivity index (χ0) is 17.2. The first-order valence-corrected chi connectivity index (χ1v) is 10.1. The summed E-state index contributed by atoms with van der Waals surface area (Å²) in [7, 11) is 0. The Morgan fingerprint density at radius 2 is 1.81 bits per heavy atom. The number of hydrogen-bond donors (Lipinski definition) is 2. The van der Waals surface area contributed by atoms with Gasteiger partial charge in [-0.25, -0.2) is 4.98 Å². The van der Waals surface area contributed by atoms with E-state index in [1.807, 2.05) is 18.2 Å². The molecule has 1 aromatic carbocycles. The molecule has 0 aliphatic heterocycles. The molecule has 2 aliphatic carbocycles. The van der Waals surface area contributed by atoms with Crippen LogP contribution in [0.25, 0.3) is 0 Å². The van der Waals surface area contributed by atoms with Crippen LogP contribution in [0.4, 0.5) is 0 Å². The fourth-order valence-corrected chi connectivity index (χ4v) is 5.37. The van der Waals surface area contributed by atoms with Crippen LogP contribution in [0.2, 0.25) is 0 Å². The first-order valence-electron chi connectivity index (χ1n) is 9.24. The molecular weight excluding hydrogens is 401 g/mol. The minimum absolute atomic E-state index is 0. The number of thiazole rings is 1. The van der Waals surface area contributed by atoms with E-state index in [1.165, 1.54) is 36.2 Å². The number of rotatable bonds is 4. The molecule has 1 heterocycles. The highest BCUT2D eigenvalue weighted by Gasteiger charge is 2.40. The van der Waals surface area contributed by atoms with Crippen molar-refractivity contribution in [2.45, 2.75) is 50.6 Å². The number of nitrogens with two attached hydrogens (primary N) is 1. The van der Waals surface area contributed by atoms with Gasteiger partial charge in [0.2, 0.25) is 0 Å². The van der Waals surface area contributed by atoms with Gasteiger partial charge in [-0.3, -0.25) is 4.79 Å². The lowest BCUT2D eigenvalue weighted by molar-refractivity contribution is 0.0759. The lowest BCUT2D eigenvalue weighted by atomic mass is 9.67. The zero-order valence-electron chi connectivity index (χ0n) is 15.2. The average molecular weight is 428 g/mol. The molecule has 4 rings (SSSR count). The smallest absolute Gasteiger partial charge is 0.263 e. The number of aromatic nitrogens is 1. The monoisotopic (exact) mass is 427 g/mol. The Hall–Kier alpha value is -1.14. The Labute approximate surface area is 177 Å². The van der Waals surface area contributed by atoms with E-state index in [-0.39, 0.29) is 30.7 Å². The number of benzene rings is 1. The summed E-state index contributed by atoms with van der Waals surface area (Å²) in [6.45, 7) is 0. The Morgan fingerprint density at radius 1 is 1.15 bits per heavy atom. The molecule has 148 valence electrons. The molecule has 2 aliphatic rings. The van der Waals surface area contributed by atoms with E-state index >= 15 is 0 Å². The zero-order valence-corrected chi connectivity index (χ0v) is 17.6. The summed E-state index contributed by atoms with van der Waals surface area (Å²) in [6, 6.07) is 10.9. The van der Waals surface area contributed by atoms with E-state index in [4.69, 9.17) is 5.73 Å². The molecule has 27 heavy (non-hydrogen) atoms. The highest BCUT2D eigenvalue weighted by Crippen LogP contribution is 2.39. The van der Waals surface area contributed by atoms with Crippen LogP contribution >= 0.6 is 36.2 Å². The predicted molar refractivity (Wildman–Crippen MR) is 115 cm³/mol. The van der Waals surface area contributed by atoms with Crippen molar-refractivity contribution in [3.8, 4) is 0 Å². The Balaban J connectivity index is 0.00000131. The minimum Gasteiger partial charge on any atom is -0.348 e. The van der Waals surface area contributed by atoms with Crippen molar-refractivity contribution in [3.05, 3.63) is 52.0 Å². The average Bonchev–Trinajstić information content (AvgIpc) is 3.05. The van der Waals surface area contributed by atoms with Gasteiger partial charge < -0.3 is 11.1 Å². The number of hydrogen-bond acceptors (Lipinski definition) is 4. The maximum Gasteiger partial charge on any atom is 0.263 e. The largest absolute Gasteiger partial charge is 0.348 e. The number of carbonyl (C=O) groups is 1. The molecule has 2 fully saturated rings. The second kappa shape index (κ2) is 9.87. The molecule has 2 bridgehead atoms. The number of carbonyl (C=O) groups excluding carboxylic acids is 1. The van der Waals surface area contributed by atoms with E-state index < -0.39 is 0 Å². The molecule has 1 aromatic heterocycles. The molecule has 3 N–H and O–H groups in total. The fraction of sp³-hybridized carbons (Fsp3) is 0.500. The lowest BCUT2D eigenvalue weighted by Crippen LogP contribution is -2.53. The van der Waals surface area contributed by atoms with Crippen molar-refractivity contribution in [2.24, 2.45) is 17.6 Å². The third-order valence-electron chi connectivity index (χ3n) is 5.65. The topological polar surface area (TPSA) is 68.0 Å². The Morgan fingerprint density at radius 3 is 2.48 bits per heavy atom. The van der Waals surface area contributed by atoms with Crippen LogP contribution in [-0.2, 0) is 6.42 Å². The van der Waals surface area contributed by atoms with E-state index in [2.05, 4.69) is 22.4 Å². The van der Waals surface area contributed by atoms with Gasteiger partial charge in [-0.15, -0.1) is 36.2 Å². The van der Waals surface area contributed by atoms with Gasteiger partial charge in [0, 0.05) is 18.5 Å². The highest BCUT2D eigenvalue weighted by molar-refractivity contribution is 7.13. The first-order chi connectivity index (χ1) is 12.2. The van der Waals surface area contributed by atoms with Gasteiger partial charge >= 0.3 is 0 Å². The Bertz CT molecular complexity index is 726. The molecule has 0 spiro atoms. The number of nitrogens with one attached hydrogen (secondary N) is 1. The van der Waals surface area contributed by atoms with E-state index in [0.29, 0.717) is 23.9 Å². The summed E-state index contributed by atoms with van der Waals surface area (Å²) in [5.41, 5.74) is 7.41. The van der Waals surface area contributed by atoms with E-state index in [1.54, 1.807) is 6.20 Å². The van der Waals surface area contributed by atoms with Crippen molar-refractivity contribution >= 4 is 42.1 Å². The number of nitrogens with zero attached hydrogens (tertiary/aromatic N) is 1. The number of fused-ring (bicyclic) bond motifs is 2. The van der Waals surface area contributed by atoms with Crippen LogP contribution in [0.1, 0.15) is 52.3 Å². The second-order valence-corrected chi connectivity index (χ2v) is 8.58. The van der Waals surface area contributed by atoms with Gasteiger partial charge in [0.25, 0.3) is 5.91 Å². The number of amides is 1. The van der Waals surface area contributed by atoms with Crippen LogP contribution in [0.5, 0.6) is 0 Å².